The Morgan fingerprint density at radius 3 is 1.60 bits per heavy atom. The van der Waals surface area contributed by atoms with Gasteiger partial charge in [-0.3, -0.25) is 0 Å². The molecule has 0 amide bonds. The van der Waals surface area contributed by atoms with Crippen molar-refractivity contribution in [3.05, 3.63) is 235 Å². The molecule has 1 spiro atoms. The van der Waals surface area contributed by atoms with Crippen molar-refractivity contribution >= 4 is 22.6 Å². The molecule has 8 aromatic rings. The van der Waals surface area contributed by atoms with Crippen LogP contribution in [0.4, 0.5) is 17.1 Å². The molecule has 270 valence electrons. The minimum Gasteiger partial charge on any atom is -0.310 e. The first-order valence-electron chi connectivity index (χ1n) is 19.4. The van der Waals surface area contributed by atoms with Crippen LogP contribution in [0.5, 0.6) is 0 Å². The summed E-state index contributed by atoms with van der Waals surface area (Å²) in [7, 11) is 0. The van der Waals surface area contributed by atoms with Crippen molar-refractivity contribution in [2.45, 2.75) is 12.3 Å². The highest BCUT2D eigenvalue weighted by Crippen LogP contribution is 2.63. The second-order valence-corrected chi connectivity index (χ2v) is 14.4. The van der Waals surface area contributed by atoms with Gasteiger partial charge in [0.1, 0.15) is 0 Å². The Morgan fingerprint density at radius 2 is 0.982 bits per heavy atom. The minimum absolute atomic E-state index is 0.616. The molecule has 57 heavy (non-hydrogen) atoms. The van der Waals surface area contributed by atoms with Crippen molar-refractivity contribution in [1.82, 2.24) is 15.0 Å². The van der Waals surface area contributed by atoms with Gasteiger partial charge in [0.2, 0.25) is 0 Å². The predicted molar refractivity (Wildman–Crippen MR) is 235 cm³/mol. The lowest BCUT2D eigenvalue weighted by Gasteiger charge is -2.45. The Hall–Kier alpha value is -7.43. The summed E-state index contributed by atoms with van der Waals surface area (Å²) >= 11 is 0. The van der Waals surface area contributed by atoms with Gasteiger partial charge in [0.15, 0.2) is 17.5 Å². The van der Waals surface area contributed by atoms with E-state index in [1.54, 1.807) is 0 Å². The molecule has 1 aliphatic carbocycles. The van der Waals surface area contributed by atoms with E-state index in [1.165, 1.54) is 16.7 Å². The number of allylic oxidation sites excluding steroid dienone is 5. The van der Waals surface area contributed by atoms with Gasteiger partial charge in [-0.2, -0.15) is 0 Å². The molecule has 10 rings (SSSR count). The van der Waals surface area contributed by atoms with Gasteiger partial charge in [-0.1, -0.05) is 170 Å². The Balaban J connectivity index is 1.23. The van der Waals surface area contributed by atoms with E-state index in [4.69, 9.17) is 15.0 Å². The molecule has 1 aromatic heterocycles. The number of aromatic nitrogens is 3. The highest BCUT2D eigenvalue weighted by Gasteiger charge is 2.52. The summed E-state index contributed by atoms with van der Waals surface area (Å²) in [6.07, 6.45) is 6.42. The third-order valence-corrected chi connectivity index (χ3v) is 11.2. The molecular weight excluding hydrogens is 693 g/mol. The monoisotopic (exact) mass is 730 g/mol. The van der Waals surface area contributed by atoms with Crippen molar-refractivity contribution < 1.29 is 0 Å². The van der Waals surface area contributed by atoms with Gasteiger partial charge in [-0.15, -0.1) is 0 Å². The Bertz CT molecular complexity index is 2830. The molecule has 0 atom stereocenters. The van der Waals surface area contributed by atoms with Gasteiger partial charge in [-0.25, -0.2) is 15.0 Å². The van der Waals surface area contributed by atoms with Gasteiger partial charge in [-0.05, 0) is 87.8 Å². The summed E-state index contributed by atoms with van der Waals surface area (Å²) in [6, 6.07) is 64.0. The molecule has 0 bridgehead atoms. The number of nitrogens with zero attached hydrogens (tertiary/aromatic N) is 4. The average molecular weight is 731 g/mol. The van der Waals surface area contributed by atoms with Crippen molar-refractivity contribution in [3.8, 4) is 45.3 Å². The van der Waals surface area contributed by atoms with Crippen LogP contribution in [-0.4, -0.2) is 15.0 Å². The first-order valence-corrected chi connectivity index (χ1v) is 19.4. The second-order valence-electron chi connectivity index (χ2n) is 14.4. The van der Waals surface area contributed by atoms with Crippen LogP contribution < -0.4 is 4.90 Å². The summed E-state index contributed by atoms with van der Waals surface area (Å²) in [5.41, 5.74) is 14.8. The Morgan fingerprint density at radius 1 is 0.474 bits per heavy atom. The molecule has 0 fully saturated rings. The molecule has 0 unspecified atom stereocenters. The number of benzene rings is 7. The Labute approximate surface area is 333 Å². The highest BCUT2D eigenvalue weighted by atomic mass is 15.2. The normalized spacial score (nSPS) is 13.7. The zero-order chi connectivity index (χ0) is 38.3. The summed E-state index contributed by atoms with van der Waals surface area (Å²) in [5.74, 6) is 1.87. The van der Waals surface area contributed by atoms with Crippen LogP contribution in [0, 0.1) is 0 Å². The topological polar surface area (TPSA) is 41.9 Å². The lowest BCUT2D eigenvalue weighted by molar-refractivity contribution is 0.746. The largest absolute Gasteiger partial charge is 0.310 e. The number of hydrogen-bond donors (Lipinski definition) is 0. The smallest absolute Gasteiger partial charge is 0.164 e. The third kappa shape index (κ3) is 5.49. The fraction of sp³-hybridized carbons (Fsp3) is 0.0377. The number of para-hydroxylation sites is 3. The number of rotatable bonds is 7. The van der Waals surface area contributed by atoms with Crippen molar-refractivity contribution in [2.24, 2.45) is 0 Å². The first kappa shape index (κ1) is 34.1. The van der Waals surface area contributed by atoms with E-state index < -0.39 is 5.41 Å². The molecule has 0 saturated carbocycles. The van der Waals surface area contributed by atoms with E-state index >= 15 is 0 Å². The lowest BCUT2D eigenvalue weighted by Crippen LogP contribution is -2.36. The summed E-state index contributed by atoms with van der Waals surface area (Å²) < 4.78 is 0. The van der Waals surface area contributed by atoms with Crippen LogP contribution in [0.25, 0.3) is 50.9 Å². The predicted octanol–water partition coefficient (Wildman–Crippen LogP) is 13.2. The van der Waals surface area contributed by atoms with Gasteiger partial charge >= 0.3 is 0 Å². The van der Waals surface area contributed by atoms with Crippen LogP contribution in [0.1, 0.15) is 29.2 Å². The van der Waals surface area contributed by atoms with Crippen LogP contribution in [0.3, 0.4) is 0 Å². The van der Waals surface area contributed by atoms with Crippen LogP contribution in [0.15, 0.2) is 212 Å². The fourth-order valence-electron chi connectivity index (χ4n) is 8.83. The quantitative estimate of drug-likeness (QED) is 0.164. The maximum absolute atomic E-state index is 5.25. The molecular formula is C53H38N4. The van der Waals surface area contributed by atoms with Gasteiger partial charge < -0.3 is 4.90 Å². The summed E-state index contributed by atoms with van der Waals surface area (Å²) in [5, 5.41) is 0. The van der Waals surface area contributed by atoms with Crippen LogP contribution >= 0.6 is 0 Å². The zero-order valence-electron chi connectivity index (χ0n) is 31.5. The van der Waals surface area contributed by atoms with Gasteiger partial charge in [0, 0.05) is 22.4 Å². The minimum atomic E-state index is -0.664. The van der Waals surface area contributed by atoms with Crippen molar-refractivity contribution in [2.75, 3.05) is 4.90 Å². The second kappa shape index (κ2) is 14.0. The van der Waals surface area contributed by atoms with E-state index in [-0.39, 0.29) is 0 Å². The number of hydrogen-bond acceptors (Lipinski definition) is 4. The van der Waals surface area contributed by atoms with E-state index in [1.807, 2.05) is 24.3 Å². The maximum atomic E-state index is 5.25. The summed E-state index contributed by atoms with van der Waals surface area (Å²) in [6.45, 7) is 6.57. The van der Waals surface area contributed by atoms with Crippen molar-refractivity contribution in [3.63, 3.8) is 0 Å². The molecule has 2 heterocycles. The van der Waals surface area contributed by atoms with E-state index in [2.05, 4.69) is 194 Å². The SMILES string of the molecule is C=CC1=C(/C=C\C)c2ccc(-c3nc(-c4ccccc4)nc(-c4cccc(-c5ccccc5)c4)n3)cc2C12c1ccccc1N(c1ccccc1)c1ccccc12. The van der Waals surface area contributed by atoms with Crippen LogP contribution in [-0.2, 0) is 5.41 Å². The maximum Gasteiger partial charge on any atom is 0.164 e. The number of fused-ring (bicyclic) bond motifs is 6. The third-order valence-electron chi connectivity index (χ3n) is 11.2. The molecule has 0 radical (unpaired) electrons. The zero-order valence-corrected chi connectivity index (χ0v) is 31.5. The highest BCUT2D eigenvalue weighted by molar-refractivity contribution is 5.98. The molecule has 0 N–H and O–H groups in total. The first-order chi connectivity index (χ1) is 28.2. The Kier molecular flexibility index (Phi) is 8.38. The molecule has 2 aliphatic rings. The number of anilines is 3. The average Bonchev–Trinajstić information content (AvgIpc) is 3.56. The van der Waals surface area contributed by atoms with Gasteiger partial charge in [0.25, 0.3) is 0 Å². The van der Waals surface area contributed by atoms with Crippen LogP contribution in [0.2, 0.25) is 0 Å². The molecule has 4 heteroatoms. The lowest BCUT2D eigenvalue weighted by atomic mass is 9.63. The van der Waals surface area contributed by atoms with Gasteiger partial charge in [0.05, 0.1) is 16.8 Å². The molecule has 1 aliphatic heterocycles. The molecule has 7 aromatic carbocycles. The standard InChI is InChI=1S/C53H38N4/c1-3-19-42-43-33-32-40(52-55-50(37-22-10-6-11-23-37)54-51(56-52)39-25-18-24-38(34-39)36-20-8-5-9-21-36)35-47(43)53(44(42)4-2)45-28-14-16-30-48(45)57(41-26-12-7-13-27-41)49-31-17-15-29-46(49)53/h3-35H,2H2,1H3/b19-3-. The van der Waals surface area contributed by atoms with E-state index in [0.717, 1.165) is 61.6 Å². The molecule has 0 saturated heterocycles. The van der Waals surface area contributed by atoms with Crippen molar-refractivity contribution in [1.29, 1.82) is 0 Å². The fourth-order valence-corrected chi connectivity index (χ4v) is 8.83. The van der Waals surface area contributed by atoms with E-state index in [0.29, 0.717) is 17.5 Å². The van der Waals surface area contributed by atoms with E-state index in [9.17, 15) is 0 Å². The molecule has 4 nitrogen and oxygen atoms in total. The summed E-state index contributed by atoms with van der Waals surface area (Å²) in [4.78, 5) is 17.9.